The third kappa shape index (κ3) is 5.37. The standard InChI is InChI=1S/C22H24N4O4S2/c1-16-5-7-17(8-6-16)21-24-25-22(30-21)31-15-20(27)23-18-9-11-19(12-10-18)32(28,29)26-13-3-2-4-14-26/h5-12H,2-4,13-15H2,1H3,(H,23,27). The zero-order valence-electron chi connectivity index (χ0n) is 17.7. The third-order valence-corrected chi connectivity index (χ3v) is 7.85. The van der Waals surface area contributed by atoms with Gasteiger partial charge in [-0.25, -0.2) is 8.42 Å². The van der Waals surface area contributed by atoms with E-state index in [-0.39, 0.29) is 16.6 Å². The molecule has 0 radical (unpaired) electrons. The monoisotopic (exact) mass is 472 g/mol. The van der Waals surface area contributed by atoms with Crippen LogP contribution in [-0.4, -0.2) is 47.7 Å². The fourth-order valence-corrected chi connectivity index (χ4v) is 5.45. The summed E-state index contributed by atoms with van der Waals surface area (Å²) >= 11 is 1.14. The molecule has 2 heterocycles. The number of nitrogens with one attached hydrogen (secondary N) is 1. The summed E-state index contributed by atoms with van der Waals surface area (Å²) < 4.78 is 32.6. The normalized spacial score (nSPS) is 14.9. The highest BCUT2D eigenvalue weighted by Gasteiger charge is 2.25. The summed E-state index contributed by atoms with van der Waals surface area (Å²) in [5.41, 5.74) is 2.48. The Morgan fingerprint density at radius 2 is 1.72 bits per heavy atom. The molecule has 1 aromatic heterocycles. The van der Waals surface area contributed by atoms with Crippen molar-refractivity contribution in [1.82, 2.24) is 14.5 Å². The molecular formula is C22H24N4O4S2. The second kappa shape index (κ2) is 9.85. The summed E-state index contributed by atoms with van der Waals surface area (Å²) in [5.74, 6) is 0.235. The maximum Gasteiger partial charge on any atom is 0.277 e. The van der Waals surface area contributed by atoms with Crippen LogP contribution in [0.2, 0.25) is 0 Å². The lowest BCUT2D eigenvalue weighted by molar-refractivity contribution is -0.113. The Kier molecular flexibility index (Phi) is 6.92. The number of hydrogen-bond acceptors (Lipinski definition) is 7. The van der Waals surface area contributed by atoms with Crippen LogP contribution in [0.1, 0.15) is 24.8 Å². The van der Waals surface area contributed by atoms with Crippen molar-refractivity contribution in [2.75, 3.05) is 24.2 Å². The highest BCUT2D eigenvalue weighted by Crippen LogP contribution is 2.24. The minimum absolute atomic E-state index is 0.0867. The average Bonchev–Trinajstić information content (AvgIpc) is 3.28. The van der Waals surface area contributed by atoms with E-state index in [2.05, 4.69) is 15.5 Å². The predicted molar refractivity (Wildman–Crippen MR) is 123 cm³/mol. The quantitative estimate of drug-likeness (QED) is 0.519. The van der Waals surface area contributed by atoms with Gasteiger partial charge in [0.2, 0.25) is 21.8 Å². The highest BCUT2D eigenvalue weighted by molar-refractivity contribution is 7.99. The Morgan fingerprint density at radius 3 is 2.41 bits per heavy atom. The number of carbonyl (C=O) groups excluding carboxylic acids is 1. The lowest BCUT2D eigenvalue weighted by Gasteiger charge is -2.25. The van der Waals surface area contributed by atoms with Crippen molar-refractivity contribution < 1.29 is 17.6 Å². The van der Waals surface area contributed by atoms with E-state index < -0.39 is 10.0 Å². The van der Waals surface area contributed by atoms with Crippen molar-refractivity contribution in [1.29, 1.82) is 0 Å². The topological polar surface area (TPSA) is 105 Å². The molecule has 1 fully saturated rings. The van der Waals surface area contributed by atoms with Gasteiger partial charge in [-0.1, -0.05) is 35.9 Å². The average molecular weight is 473 g/mol. The molecule has 8 nitrogen and oxygen atoms in total. The van der Waals surface area contributed by atoms with E-state index in [4.69, 9.17) is 4.42 Å². The van der Waals surface area contributed by atoms with Gasteiger partial charge >= 0.3 is 0 Å². The van der Waals surface area contributed by atoms with Crippen LogP contribution in [0.3, 0.4) is 0 Å². The van der Waals surface area contributed by atoms with Crippen molar-refractivity contribution >= 4 is 33.4 Å². The number of hydrogen-bond donors (Lipinski definition) is 1. The zero-order valence-corrected chi connectivity index (χ0v) is 19.3. The molecule has 3 aromatic rings. The Labute approximate surface area is 191 Å². The van der Waals surface area contributed by atoms with Crippen molar-refractivity contribution in [3.8, 4) is 11.5 Å². The van der Waals surface area contributed by atoms with Gasteiger partial charge in [0.15, 0.2) is 0 Å². The highest BCUT2D eigenvalue weighted by atomic mass is 32.2. The molecule has 0 unspecified atom stereocenters. The molecule has 1 saturated heterocycles. The molecule has 2 aromatic carbocycles. The molecular weight excluding hydrogens is 448 g/mol. The van der Waals surface area contributed by atoms with E-state index in [0.717, 1.165) is 42.2 Å². The predicted octanol–water partition coefficient (Wildman–Crippen LogP) is 3.95. The molecule has 0 saturated carbocycles. The summed E-state index contributed by atoms with van der Waals surface area (Å²) in [6.45, 7) is 3.11. The SMILES string of the molecule is Cc1ccc(-c2nnc(SCC(=O)Nc3ccc(S(=O)(=O)N4CCCCC4)cc3)o2)cc1. The Balaban J connectivity index is 1.31. The maximum absolute atomic E-state index is 12.7. The number of benzene rings is 2. The van der Waals surface area contributed by atoms with Crippen molar-refractivity contribution in [3.63, 3.8) is 0 Å². The van der Waals surface area contributed by atoms with Crippen LogP contribution in [0.15, 0.2) is 63.1 Å². The number of piperidine rings is 1. The Bertz CT molecular complexity index is 1170. The van der Waals surface area contributed by atoms with Gasteiger partial charge < -0.3 is 9.73 Å². The van der Waals surface area contributed by atoms with Crippen LogP contribution in [0.5, 0.6) is 0 Å². The van der Waals surface area contributed by atoms with Crippen LogP contribution in [0, 0.1) is 6.92 Å². The molecule has 10 heteroatoms. The first-order chi connectivity index (χ1) is 15.4. The van der Waals surface area contributed by atoms with Crippen molar-refractivity contribution in [2.45, 2.75) is 36.3 Å². The molecule has 0 atom stereocenters. The molecule has 1 aliphatic rings. The summed E-state index contributed by atoms with van der Waals surface area (Å²) in [5, 5.41) is 11.1. The summed E-state index contributed by atoms with van der Waals surface area (Å²) in [6.07, 6.45) is 2.83. The fourth-order valence-electron chi connectivity index (χ4n) is 3.37. The van der Waals surface area contributed by atoms with E-state index in [9.17, 15) is 13.2 Å². The molecule has 0 aliphatic carbocycles. The first kappa shape index (κ1) is 22.5. The van der Waals surface area contributed by atoms with Gasteiger partial charge in [0.1, 0.15) is 0 Å². The number of carbonyl (C=O) groups is 1. The molecule has 0 bridgehead atoms. The third-order valence-electron chi connectivity index (χ3n) is 5.12. The molecule has 0 spiro atoms. The number of sulfonamides is 1. The molecule has 168 valence electrons. The van der Waals surface area contributed by atoms with Gasteiger partial charge in [-0.3, -0.25) is 4.79 Å². The first-order valence-corrected chi connectivity index (χ1v) is 12.8. The number of rotatable bonds is 7. The van der Waals surface area contributed by atoms with Crippen LogP contribution < -0.4 is 5.32 Å². The van der Waals surface area contributed by atoms with E-state index >= 15 is 0 Å². The smallest absolute Gasteiger partial charge is 0.277 e. The second-order valence-corrected chi connectivity index (χ2v) is 10.4. The minimum Gasteiger partial charge on any atom is -0.411 e. The fraction of sp³-hybridized carbons (Fsp3) is 0.318. The summed E-state index contributed by atoms with van der Waals surface area (Å²) in [7, 11) is -3.49. The molecule has 32 heavy (non-hydrogen) atoms. The van der Waals surface area contributed by atoms with Gasteiger partial charge in [-0.05, 0) is 56.2 Å². The number of anilines is 1. The van der Waals surface area contributed by atoms with Gasteiger partial charge in [0.05, 0.1) is 10.6 Å². The van der Waals surface area contributed by atoms with E-state index in [1.165, 1.54) is 16.4 Å². The number of nitrogens with zero attached hydrogens (tertiary/aromatic N) is 3. The van der Waals surface area contributed by atoms with E-state index in [0.29, 0.717) is 29.9 Å². The Hall–Kier alpha value is -2.69. The summed E-state index contributed by atoms with van der Waals surface area (Å²) in [4.78, 5) is 12.5. The lowest BCUT2D eigenvalue weighted by atomic mass is 10.1. The number of thioether (sulfide) groups is 1. The molecule has 4 rings (SSSR count). The van der Waals surface area contributed by atoms with Crippen LogP contribution >= 0.6 is 11.8 Å². The molecule has 1 aliphatic heterocycles. The Morgan fingerprint density at radius 1 is 1.03 bits per heavy atom. The van der Waals surface area contributed by atoms with Gasteiger partial charge in [0, 0.05) is 24.3 Å². The molecule has 1 N–H and O–H groups in total. The van der Waals surface area contributed by atoms with Crippen molar-refractivity contribution in [3.05, 3.63) is 54.1 Å². The van der Waals surface area contributed by atoms with Crippen LogP contribution in [-0.2, 0) is 14.8 Å². The van der Waals surface area contributed by atoms with E-state index in [1.54, 1.807) is 12.1 Å². The molecule has 1 amide bonds. The number of aryl methyl sites for hydroxylation is 1. The second-order valence-electron chi connectivity index (χ2n) is 7.57. The largest absolute Gasteiger partial charge is 0.411 e. The zero-order chi connectivity index (χ0) is 22.6. The van der Waals surface area contributed by atoms with Crippen LogP contribution in [0.25, 0.3) is 11.5 Å². The number of aromatic nitrogens is 2. The lowest BCUT2D eigenvalue weighted by Crippen LogP contribution is -2.35. The first-order valence-electron chi connectivity index (χ1n) is 10.4. The number of amides is 1. The van der Waals surface area contributed by atoms with E-state index in [1.807, 2.05) is 31.2 Å². The van der Waals surface area contributed by atoms with Gasteiger partial charge in [0.25, 0.3) is 5.22 Å². The summed E-state index contributed by atoms with van der Waals surface area (Å²) in [6, 6.07) is 14.0. The van der Waals surface area contributed by atoms with Gasteiger partial charge in [-0.15, -0.1) is 10.2 Å². The van der Waals surface area contributed by atoms with Crippen LogP contribution in [0.4, 0.5) is 5.69 Å². The minimum atomic E-state index is -3.49. The maximum atomic E-state index is 12.7. The van der Waals surface area contributed by atoms with Gasteiger partial charge in [-0.2, -0.15) is 4.31 Å². The van der Waals surface area contributed by atoms with Crippen molar-refractivity contribution in [2.24, 2.45) is 0 Å².